The van der Waals surface area contributed by atoms with Gasteiger partial charge in [0.15, 0.2) is 0 Å². The van der Waals surface area contributed by atoms with E-state index in [2.05, 4.69) is 0 Å². The summed E-state index contributed by atoms with van der Waals surface area (Å²) in [5, 5.41) is 8.95. The van der Waals surface area contributed by atoms with Gasteiger partial charge in [-0.3, -0.25) is 4.79 Å². The smallest absolute Gasteiger partial charge is 0.149 e. The van der Waals surface area contributed by atoms with Crippen LogP contribution < -0.4 is 0 Å². The maximum absolute atomic E-state index is 10.2. The van der Waals surface area contributed by atoms with Crippen molar-refractivity contribution in [1.82, 2.24) is 0 Å². The van der Waals surface area contributed by atoms with Gasteiger partial charge in [0, 0.05) is 12.0 Å². The van der Waals surface area contributed by atoms with Gasteiger partial charge in [0.25, 0.3) is 0 Å². The van der Waals surface area contributed by atoms with E-state index in [1.165, 1.54) is 0 Å². The Morgan fingerprint density at radius 1 is 1.50 bits per heavy atom. The second kappa shape index (κ2) is 6.40. The first-order chi connectivity index (χ1) is 5.83. The lowest BCUT2D eigenvalue weighted by Crippen LogP contribution is -1.78. The van der Waals surface area contributed by atoms with E-state index in [1.807, 2.05) is 13.8 Å². The first-order valence-electron chi connectivity index (χ1n) is 4.04. The van der Waals surface area contributed by atoms with Crippen LogP contribution in [-0.2, 0) is 4.79 Å². The molecule has 0 spiro atoms. The number of aliphatic hydroxyl groups excluding tert-OH is 1. The Morgan fingerprint density at radius 3 is 2.75 bits per heavy atom. The first kappa shape index (κ1) is 10.7. The molecule has 2 heteroatoms. The molecule has 0 radical (unpaired) electrons. The van der Waals surface area contributed by atoms with E-state index >= 15 is 0 Å². The van der Waals surface area contributed by atoms with Gasteiger partial charge in [-0.2, -0.15) is 0 Å². The number of carbonyl (C=O) groups excluding carboxylic acids is 1. The zero-order chi connectivity index (χ0) is 9.40. The van der Waals surface area contributed by atoms with Crippen molar-refractivity contribution in [2.75, 3.05) is 0 Å². The summed E-state index contributed by atoms with van der Waals surface area (Å²) in [6.07, 6.45) is 7.79. The predicted molar refractivity (Wildman–Crippen MR) is 50.0 cm³/mol. The minimum Gasteiger partial charge on any atom is -0.512 e. The monoisotopic (exact) mass is 166 g/mol. The van der Waals surface area contributed by atoms with Crippen LogP contribution in [0.5, 0.6) is 0 Å². The summed E-state index contributed by atoms with van der Waals surface area (Å²) in [5.41, 5.74) is 0.611. The summed E-state index contributed by atoms with van der Waals surface area (Å²) in [6.45, 7) is 4.00. The third-order valence-electron chi connectivity index (χ3n) is 1.26. The minimum absolute atomic E-state index is 0.285. The summed E-state index contributed by atoms with van der Waals surface area (Å²) in [7, 11) is 0. The van der Waals surface area contributed by atoms with E-state index in [1.54, 1.807) is 24.3 Å². The molecule has 2 nitrogen and oxygen atoms in total. The molecule has 1 N–H and O–H groups in total. The van der Waals surface area contributed by atoms with Crippen molar-refractivity contribution in [2.45, 2.75) is 20.3 Å². The average molecular weight is 166 g/mol. The Hall–Kier alpha value is -1.31. The van der Waals surface area contributed by atoms with Gasteiger partial charge in [-0.25, -0.2) is 0 Å². The number of carbonyl (C=O) groups is 1. The van der Waals surface area contributed by atoms with E-state index in [0.29, 0.717) is 12.0 Å². The summed E-state index contributed by atoms with van der Waals surface area (Å²) in [6, 6.07) is 0. The standard InChI is InChI=1S/C8H8O2.C2H6/c9-6-7-2-1-3-8(10)5-4-7;1-2/h1-4,6,10H,5H2;1-2H3. The average Bonchev–Trinajstić information content (AvgIpc) is 2.33. The Morgan fingerprint density at radius 2 is 2.17 bits per heavy atom. The van der Waals surface area contributed by atoms with Crippen LogP contribution in [0.3, 0.4) is 0 Å². The van der Waals surface area contributed by atoms with Crippen molar-refractivity contribution in [2.24, 2.45) is 0 Å². The van der Waals surface area contributed by atoms with E-state index in [0.717, 1.165) is 6.29 Å². The lowest BCUT2D eigenvalue weighted by molar-refractivity contribution is -0.104. The summed E-state index contributed by atoms with van der Waals surface area (Å²) in [5.74, 6) is 0.285. The molecule has 0 unspecified atom stereocenters. The fourth-order valence-corrected chi connectivity index (χ4v) is 0.716. The molecular weight excluding hydrogens is 152 g/mol. The Labute approximate surface area is 72.9 Å². The molecule has 66 valence electrons. The molecule has 0 aromatic rings. The van der Waals surface area contributed by atoms with Gasteiger partial charge in [-0.1, -0.05) is 32.1 Å². The highest BCUT2D eigenvalue weighted by atomic mass is 16.3. The van der Waals surface area contributed by atoms with E-state index in [-0.39, 0.29) is 5.76 Å². The first-order valence-corrected chi connectivity index (χ1v) is 4.04. The number of rotatable bonds is 1. The molecule has 12 heavy (non-hydrogen) atoms. The molecule has 0 amide bonds. The molecule has 0 heterocycles. The van der Waals surface area contributed by atoms with Gasteiger partial charge in [-0.15, -0.1) is 0 Å². The zero-order valence-corrected chi connectivity index (χ0v) is 7.45. The fraction of sp³-hybridized carbons (Fsp3) is 0.300. The van der Waals surface area contributed by atoms with Crippen molar-refractivity contribution in [3.05, 3.63) is 35.6 Å². The Kier molecular flexibility index (Phi) is 5.70. The van der Waals surface area contributed by atoms with Gasteiger partial charge < -0.3 is 5.11 Å². The van der Waals surface area contributed by atoms with Gasteiger partial charge in [0.2, 0.25) is 0 Å². The number of aliphatic hydroxyl groups is 1. The SMILES string of the molecule is CC.O=CC1=CCC(O)=CC=C1. The highest BCUT2D eigenvalue weighted by Gasteiger charge is 1.94. The molecule has 0 atom stereocenters. The van der Waals surface area contributed by atoms with Crippen molar-refractivity contribution >= 4 is 6.29 Å². The second-order valence-corrected chi connectivity index (χ2v) is 2.04. The number of hydrogen-bond donors (Lipinski definition) is 1. The predicted octanol–water partition coefficient (Wildman–Crippen LogP) is 2.54. The molecule has 0 saturated heterocycles. The highest BCUT2D eigenvalue weighted by molar-refractivity contribution is 5.77. The molecule has 0 aliphatic heterocycles. The van der Waals surface area contributed by atoms with Crippen molar-refractivity contribution < 1.29 is 9.90 Å². The second-order valence-electron chi connectivity index (χ2n) is 2.04. The molecule has 1 rings (SSSR count). The van der Waals surface area contributed by atoms with Gasteiger partial charge >= 0.3 is 0 Å². The van der Waals surface area contributed by atoms with Crippen LogP contribution in [0.25, 0.3) is 0 Å². The maximum Gasteiger partial charge on any atom is 0.149 e. The number of hydrogen-bond acceptors (Lipinski definition) is 2. The third-order valence-corrected chi connectivity index (χ3v) is 1.26. The Bertz CT molecular complexity index is 222. The van der Waals surface area contributed by atoms with Crippen LogP contribution in [0.1, 0.15) is 20.3 Å². The van der Waals surface area contributed by atoms with Gasteiger partial charge in [0.1, 0.15) is 6.29 Å². The molecule has 0 fully saturated rings. The molecular formula is C10H14O2. The molecule has 1 aliphatic rings. The van der Waals surface area contributed by atoms with Gasteiger partial charge in [0.05, 0.1) is 5.76 Å². The van der Waals surface area contributed by atoms with Crippen LogP contribution in [0.4, 0.5) is 0 Å². The normalized spacial score (nSPS) is 14.8. The molecule has 1 aliphatic carbocycles. The fourth-order valence-electron chi connectivity index (χ4n) is 0.716. The van der Waals surface area contributed by atoms with Gasteiger partial charge in [-0.05, 0) is 6.08 Å². The van der Waals surface area contributed by atoms with E-state index in [4.69, 9.17) is 5.11 Å². The number of aldehydes is 1. The zero-order valence-electron chi connectivity index (χ0n) is 7.45. The summed E-state index contributed by atoms with van der Waals surface area (Å²) in [4.78, 5) is 10.2. The van der Waals surface area contributed by atoms with E-state index < -0.39 is 0 Å². The molecule has 0 aromatic carbocycles. The molecule has 0 aromatic heterocycles. The van der Waals surface area contributed by atoms with Crippen LogP contribution in [-0.4, -0.2) is 11.4 Å². The quantitative estimate of drug-likeness (QED) is 0.608. The lowest BCUT2D eigenvalue weighted by atomic mass is 10.2. The van der Waals surface area contributed by atoms with Crippen LogP contribution in [0, 0.1) is 0 Å². The maximum atomic E-state index is 10.2. The summed E-state index contributed by atoms with van der Waals surface area (Å²) >= 11 is 0. The summed E-state index contributed by atoms with van der Waals surface area (Å²) < 4.78 is 0. The minimum atomic E-state index is 0.285. The van der Waals surface area contributed by atoms with Crippen molar-refractivity contribution in [3.8, 4) is 0 Å². The molecule has 0 bridgehead atoms. The largest absolute Gasteiger partial charge is 0.512 e. The Balaban J connectivity index is 0.000000561. The third kappa shape index (κ3) is 3.76. The molecule has 0 saturated carbocycles. The van der Waals surface area contributed by atoms with Crippen LogP contribution in [0.15, 0.2) is 35.6 Å². The van der Waals surface area contributed by atoms with Crippen molar-refractivity contribution in [3.63, 3.8) is 0 Å². The topological polar surface area (TPSA) is 37.3 Å². The van der Waals surface area contributed by atoms with E-state index in [9.17, 15) is 4.79 Å². The van der Waals surface area contributed by atoms with Crippen molar-refractivity contribution in [1.29, 1.82) is 0 Å². The van der Waals surface area contributed by atoms with Crippen LogP contribution in [0.2, 0.25) is 0 Å². The van der Waals surface area contributed by atoms with Crippen LogP contribution >= 0.6 is 0 Å². The lowest BCUT2D eigenvalue weighted by Gasteiger charge is -1.88. The highest BCUT2D eigenvalue weighted by Crippen LogP contribution is 2.06. The number of allylic oxidation sites excluding steroid dienone is 5.